The predicted molar refractivity (Wildman–Crippen MR) is 96.2 cm³/mol. The van der Waals surface area contributed by atoms with E-state index in [1.165, 1.54) is 29.7 Å². The lowest BCUT2D eigenvalue weighted by molar-refractivity contribution is -0.135. The number of anilines is 1. The lowest BCUT2D eigenvalue weighted by Gasteiger charge is -2.40. The van der Waals surface area contributed by atoms with Gasteiger partial charge in [-0.25, -0.2) is 4.99 Å². The fourth-order valence-electron chi connectivity index (χ4n) is 4.06. The number of amides is 1. The lowest BCUT2D eigenvalue weighted by atomic mass is 9.86. The third-order valence-corrected chi connectivity index (χ3v) is 5.36. The van der Waals surface area contributed by atoms with Crippen LogP contribution < -0.4 is 5.32 Å². The fraction of sp³-hybridized carbons (Fsp3) is 0.579. The van der Waals surface area contributed by atoms with Crippen LogP contribution in [-0.2, 0) is 11.2 Å². The topological polar surface area (TPSA) is 47.9 Å². The van der Waals surface area contributed by atoms with Crippen LogP contribution >= 0.6 is 0 Å². The zero-order valence-corrected chi connectivity index (χ0v) is 14.6. The van der Waals surface area contributed by atoms with Gasteiger partial charge in [0.1, 0.15) is 0 Å². The summed E-state index contributed by atoms with van der Waals surface area (Å²) in [6.45, 7) is 7.22. The van der Waals surface area contributed by atoms with Crippen molar-refractivity contribution in [3.8, 4) is 0 Å². The van der Waals surface area contributed by atoms with E-state index in [-0.39, 0.29) is 11.8 Å². The highest BCUT2D eigenvalue weighted by Gasteiger charge is 2.31. The Labute approximate surface area is 143 Å². The average Bonchev–Trinajstić information content (AvgIpc) is 2.61. The van der Waals surface area contributed by atoms with Crippen molar-refractivity contribution in [2.24, 2.45) is 10.9 Å². The molecule has 1 saturated heterocycles. The molecule has 1 N–H and O–H groups in total. The van der Waals surface area contributed by atoms with Gasteiger partial charge in [-0.05, 0) is 30.9 Å². The van der Waals surface area contributed by atoms with Gasteiger partial charge in [-0.1, -0.05) is 26.0 Å². The van der Waals surface area contributed by atoms with Gasteiger partial charge in [-0.15, -0.1) is 0 Å². The Morgan fingerprint density at radius 3 is 2.79 bits per heavy atom. The Morgan fingerprint density at radius 2 is 2.04 bits per heavy atom. The number of benzene rings is 1. The molecular weight excluding hydrogens is 300 g/mol. The Hall–Kier alpha value is -2.04. The van der Waals surface area contributed by atoms with E-state index in [1.807, 2.05) is 18.7 Å². The molecule has 0 saturated carbocycles. The highest BCUT2D eigenvalue weighted by molar-refractivity contribution is 5.97. The first-order chi connectivity index (χ1) is 11.6. The van der Waals surface area contributed by atoms with Gasteiger partial charge in [0, 0.05) is 43.3 Å². The van der Waals surface area contributed by atoms with Crippen molar-refractivity contribution in [3.05, 3.63) is 29.3 Å². The van der Waals surface area contributed by atoms with Gasteiger partial charge in [0.25, 0.3) is 0 Å². The molecule has 0 bridgehead atoms. The number of aliphatic imine (C=N–C) groups is 1. The minimum atomic E-state index is 0.0780. The maximum atomic E-state index is 12.1. The highest BCUT2D eigenvalue weighted by Crippen LogP contribution is 2.40. The summed E-state index contributed by atoms with van der Waals surface area (Å²) in [5, 5.41) is 3.55. The Morgan fingerprint density at radius 1 is 1.25 bits per heavy atom. The van der Waals surface area contributed by atoms with Gasteiger partial charge in [0.2, 0.25) is 5.91 Å². The number of piperazine rings is 1. The van der Waals surface area contributed by atoms with E-state index in [2.05, 4.69) is 28.4 Å². The second-order valence-electron chi connectivity index (χ2n) is 7.33. The largest absolute Gasteiger partial charge is 0.339 e. The van der Waals surface area contributed by atoms with Crippen LogP contribution in [0.15, 0.2) is 23.2 Å². The summed E-state index contributed by atoms with van der Waals surface area (Å²) in [6, 6.07) is 6.86. The van der Waals surface area contributed by atoms with Crippen molar-refractivity contribution < 1.29 is 4.79 Å². The van der Waals surface area contributed by atoms with Gasteiger partial charge in [-0.2, -0.15) is 0 Å². The van der Waals surface area contributed by atoms with Gasteiger partial charge < -0.3 is 15.1 Å². The maximum absolute atomic E-state index is 12.1. The molecule has 0 aromatic heterocycles. The quantitative estimate of drug-likeness (QED) is 0.863. The van der Waals surface area contributed by atoms with Crippen molar-refractivity contribution in [2.45, 2.75) is 39.2 Å². The van der Waals surface area contributed by atoms with Crippen molar-refractivity contribution in [3.63, 3.8) is 0 Å². The zero-order chi connectivity index (χ0) is 16.7. The minimum absolute atomic E-state index is 0.0780. The van der Waals surface area contributed by atoms with E-state index in [0.717, 1.165) is 38.6 Å². The van der Waals surface area contributed by atoms with Crippen molar-refractivity contribution >= 4 is 17.6 Å². The second-order valence-corrected chi connectivity index (χ2v) is 7.33. The first-order valence-corrected chi connectivity index (χ1v) is 9.14. The Kier molecular flexibility index (Phi) is 3.94. The summed E-state index contributed by atoms with van der Waals surface area (Å²) in [7, 11) is 0. The third-order valence-electron chi connectivity index (χ3n) is 5.36. The highest BCUT2D eigenvalue weighted by atomic mass is 16.2. The monoisotopic (exact) mass is 326 g/mol. The van der Waals surface area contributed by atoms with E-state index in [1.54, 1.807) is 0 Å². The SMILES string of the molecule is CC(C)C(=O)N1CCN(C2=NC3CCCc4cccc(c43)N2)CC1. The molecule has 0 spiro atoms. The van der Waals surface area contributed by atoms with Crippen molar-refractivity contribution in [1.82, 2.24) is 9.80 Å². The Balaban J connectivity index is 1.49. The van der Waals surface area contributed by atoms with E-state index >= 15 is 0 Å². The summed E-state index contributed by atoms with van der Waals surface area (Å²) < 4.78 is 0. The van der Waals surface area contributed by atoms with Gasteiger partial charge in [0.05, 0.1) is 6.04 Å². The molecule has 1 aromatic carbocycles. The number of aryl methyl sites for hydroxylation is 1. The van der Waals surface area contributed by atoms with Crippen LogP contribution in [0.4, 0.5) is 5.69 Å². The van der Waals surface area contributed by atoms with Crippen LogP contribution in [0.1, 0.15) is 43.9 Å². The van der Waals surface area contributed by atoms with Gasteiger partial charge >= 0.3 is 0 Å². The number of guanidine groups is 1. The number of carbonyl (C=O) groups excluding carboxylic acids is 1. The molecule has 1 atom stereocenters. The smallest absolute Gasteiger partial charge is 0.225 e. The first-order valence-electron chi connectivity index (χ1n) is 9.14. The summed E-state index contributed by atoms with van der Waals surface area (Å²) in [6.07, 6.45) is 3.53. The van der Waals surface area contributed by atoms with Crippen LogP contribution in [0.2, 0.25) is 0 Å². The van der Waals surface area contributed by atoms with Crippen molar-refractivity contribution in [2.75, 3.05) is 31.5 Å². The minimum Gasteiger partial charge on any atom is -0.339 e. The molecule has 1 aliphatic carbocycles. The summed E-state index contributed by atoms with van der Waals surface area (Å²) in [4.78, 5) is 21.4. The van der Waals surface area contributed by atoms with E-state index in [0.29, 0.717) is 6.04 Å². The van der Waals surface area contributed by atoms with Crippen LogP contribution in [0.5, 0.6) is 0 Å². The molecule has 1 fully saturated rings. The molecule has 2 aliphatic heterocycles. The molecule has 5 heteroatoms. The number of rotatable bonds is 1. The molecule has 0 radical (unpaired) electrons. The summed E-state index contributed by atoms with van der Waals surface area (Å²) >= 11 is 0. The number of hydrogen-bond donors (Lipinski definition) is 1. The van der Waals surface area contributed by atoms with Crippen LogP contribution in [0.25, 0.3) is 0 Å². The normalized spacial score (nSPS) is 22.8. The van der Waals surface area contributed by atoms with Crippen molar-refractivity contribution in [1.29, 1.82) is 0 Å². The molecule has 5 nitrogen and oxygen atoms in total. The molecule has 2 heterocycles. The molecule has 4 rings (SSSR count). The number of nitrogens with one attached hydrogen (secondary N) is 1. The number of nitrogens with zero attached hydrogens (tertiary/aromatic N) is 3. The van der Waals surface area contributed by atoms with Crippen LogP contribution in [0, 0.1) is 5.92 Å². The molecular formula is C19H26N4O. The van der Waals surface area contributed by atoms with Crippen LogP contribution in [-0.4, -0.2) is 47.8 Å². The zero-order valence-electron chi connectivity index (χ0n) is 14.6. The van der Waals surface area contributed by atoms with Crippen LogP contribution in [0.3, 0.4) is 0 Å². The van der Waals surface area contributed by atoms with E-state index < -0.39 is 0 Å². The molecule has 3 aliphatic rings. The van der Waals surface area contributed by atoms with Gasteiger partial charge in [-0.3, -0.25) is 4.79 Å². The van der Waals surface area contributed by atoms with E-state index in [9.17, 15) is 4.79 Å². The summed E-state index contributed by atoms with van der Waals surface area (Å²) in [5.74, 6) is 1.33. The summed E-state index contributed by atoms with van der Waals surface area (Å²) in [5.41, 5.74) is 4.08. The molecule has 128 valence electrons. The maximum Gasteiger partial charge on any atom is 0.225 e. The van der Waals surface area contributed by atoms with Gasteiger partial charge in [0.15, 0.2) is 5.96 Å². The standard InChI is InChI=1S/C19H26N4O/c1-13(2)18(24)22-9-11-23(12-10-22)19-20-15-7-3-5-14-6-4-8-16(21-19)17(14)15/h3,5,7,13,16H,4,6,8-12H2,1-2H3,(H,20,21). The second kappa shape index (κ2) is 6.11. The molecule has 1 unspecified atom stereocenters. The molecule has 1 amide bonds. The number of hydrogen-bond acceptors (Lipinski definition) is 4. The molecule has 24 heavy (non-hydrogen) atoms. The fourth-order valence-corrected chi connectivity index (χ4v) is 4.06. The lowest BCUT2D eigenvalue weighted by Crippen LogP contribution is -2.53. The molecule has 1 aromatic rings. The predicted octanol–water partition coefficient (Wildman–Crippen LogP) is 2.65. The number of carbonyl (C=O) groups is 1. The third kappa shape index (κ3) is 2.66. The van der Waals surface area contributed by atoms with E-state index in [4.69, 9.17) is 4.99 Å². The average molecular weight is 326 g/mol. The Bertz CT molecular complexity index is 674. The first kappa shape index (κ1) is 15.5.